The molecule has 1 atom stereocenters. The molecule has 0 spiro atoms. The van der Waals surface area contributed by atoms with Crippen molar-refractivity contribution in [3.8, 4) is 0 Å². The van der Waals surface area contributed by atoms with Gasteiger partial charge in [0.2, 0.25) is 10.0 Å². The van der Waals surface area contributed by atoms with Gasteiger partial charge < -0.3 is 15.5 Å². The molecule has 0 saturated carbocycles. The van der Waals surface area contributed by atoms with Gasteiger partial charge in [0, 0.05) is 62.0 Å². The van der Waals surface area contributed by atoms with Crippen LogP contribution in [0.4, 0.5) is 23.2 Å². The highest BCUT2D eigenvalue weighted by molar-refractivity contribution is 9.10. The third kappa shape index (κ3) is 6.69. The van der Waals surface area contributed by atoms with Crippen molar-refractivity contribution < 1.29 is 26.0 Å². The number of nitrogens with zero attached hydrogens (tertiary/aromatic N) is 2. The SMILES string of the molecule is C1CNCCN1.C[C@@H]1CN(c2ccc(F)cc2C(F)(F)F)CCN1S(=O)(=O)c1cccc(Br)c1. The maximum absolute atomic E-state index is 13.4. The Hall–Kier alpha value is -1.73. The zero-order valence-electron chi connectivity index (χ0n) is 18.6. The highest BCUT2D eigenvalue weighted by Crippen LogP contribution is 2.38. The topological polar surface area (TPSA) is 64.7 Å². The number of piperazine rings is 2. The number of hydrogen-bond donors (Lipinski definition) is 2. The van der Waals surface area contributed by atoms with Gasteiger partial charge in [-0.1, -0.05) is 22.0 Å². The quantitative estimate of drug-likeness (QED) is 0.555. The minimum Gasteiger partial charge on any atom is -0.368 e. The molecule has 2 heterocycles. The summed E-state index contributed by atoms with van der Waals surface area (Å²) in [6.45, 7) is 6.33. The van der Waals surface area contributed by atoms with Gasteiger partial charge in [0.15, 0.2) is 0 Å². The summed E-state index contributed by atoms with van der Waals surface area (Å²) in [5.41, 5.74) is -1.22. The van der Waals surface area contributed by atoms with E-state index in [1.165, 1.54) is 21.3 Å². The Morgan fingerprint density at radius 1 is 1.00 bits per heavy atom. The lowest BCUT2D eigenvalue weighted by Gasteiger charge is -2.40. The molecule has 12 heteroatoms. The highest BCUT2D eigenvalue weighted by atomic mass is 79.9. The number of anilines is 1. The van der Waals surface area contributed by atoms with Gasteiger partial charge in [-0.2, -0.15) is 17.5 Å². The summed E-state index contributed by atoms with van der Waals surface area (Å²) < 4.78 is 81.0. The Morgan fingerprint density at radius 2 is 1.65 bits per heavy atom. The fourth-order valence-electron chi connectivity index (χ4n) is 3.89. The first-order chi connectivity index (χ1) is 16.0. The zero-order valence-corrected chi connectivity index (χ0v) is 21.0. The van der Waals surface area contributed by atoms with E-state index in [2.05, 4.69) is 26.6 Å². The summed E-state index contributed by atoms with van der Waals surface area (Å²) in [6.07, 6.45) is -4.71. The molecule has 0 bridgehead atoms. The standard InChI is InChI=1S/C18H17BrF4N2O2S.C4H10N2/c1-12-11-24(17-6-5-14(20)10-16(17)18(21,22)23)7-8-25(12)28(26,27)15-4-2-3-13(19)9-15;1-2-6-4-3-5-1/h2-6,9-10,12H,7-8,11H2,1H3;5-6H,1-4H2/t12-;/m1./s1. The number of sulfonamides is 1. The Balaban J connectivity index is 0.000000469. The molecule has 2 saturated heterocycles. The van der Waals surface area contributed by atoms with Crippen LogP contribution >= 0.6 is 15.9 Å². The maximum Gasteiger partial charge on any atom is 0.418 e. The summed E-state index contributed by atoms with van der Waals surface area (Å²) in [7, 11) is -3.79. The molecule has 0 amide bonds. The smallest absolute Gasteiger partial charge is 0.368 e. The molecular formula is C22H27BrF4N4O2S. The first-order valence-corrected chi connectivity index (χ1v) is 13.0. The number of benzene rings is 2. The molecule has 4 rings (SSSR count). The van der Waals surface area contributed by atoms with Crippen molar-refractivity contribution in [1.29, 1.82) is 0 Å². The van der Waals surface area contributed by atoms with Gasteiger partial charge >= 0.3 is 6.18 Å². The molecule has 2 aromatic carbocycles. The summed E-state index contributed by atoms with van der Waals surface area (Å²) in [6, 6.07) is 8.22. The number of alkyl halides is 3. The number of hydrogen-bond acceptors (Lipinski definition) is 5. The second-order valence-electron chi connectivity index (χ2n) is 8.03. The van der Waals surface area contributed by atoms with Gasteiger partial charge in [-0.05, 0) is 43.3 Å². The molecule has 2 aliphatic heterocycles. The van der Waals surface area contributed by atoms with Crippen LogP contribution in [0.3, 0.4) is 0 Å². The van der Waals surface area contributed by atoms with Crippen LogP contribution in [0.2, 0.25) is 0 Å². The molecule has 0 aliphatic carbocycles. The molecular weight excluding hydrogens is 540 g/mol. The first-order valence-electron chi connectivity index (χ1n) is 10.8. The highest BCUT2D eigenvalue weighted by Gasteiger charge is 2.39. The monoisotopic (exact) mass is 566 g/mol. The van der Waals surface area contributed by atoms with Crippen LogP contribution in [-0.2, 0) is 16.2 Å². The normalized spacial score (nSPS) is 19.9. The van der Waals surface area contributed by atoms with Crippen molar-refractivity contribution >= 4 is 31.6 Å². The molecule has 2 aromatic rings. The van der Waals surface area contributed by atoms with E-state index in [1.54, 1.807) is 19.1 Å². The average Bonchev–Trinajstić information content (AvgIpc) is 2.80. The molecule has 6 nitrogen and oxygen atoms in total. The van der Waals surface area contributed by atoms with Gasteiger partial charge in [0.1, 0.15) is 5.82 Å². The Kier molecular flexibility index (Phi) is 8.96. The van der Waals surface area contributed by atoms with Crippen LogP contribution in [0, 0.1) is 5.82 Å². The van der Waals surface area contributed by atoms with E-state index < -0.39 is 33.6 Å². The number of halogens is 5. The minimum absolute atomic E-state index is 0.0185. The van der Waals surface area contributed by atoms with Crippen molar-refractivity contribution in [2.24, 2.45) is 0 Å². The summed E-state index contributed by atoms with van der Waals surface area (Å²) in [5.74, 6) is -0.972. The number of rotatable bonds is 3. The lowest BCUT2D eigenvalue weighted by atomic mass is 10.1. The lowest BCUT2D eigenvalue weighted by molar-refractivity contribution is -0.137. The van der Waals surface area contributed by atoms with E-state index in [0.717, 1.165) is 38.3 Å². The van der Waals surface area contributed by atoms with Crippen LogP contribution < -0.4 is 15.5 Å². The van der Waals surface area contributed by atoms with Crippen LogP contribution in [0.25, 0.3) is 0 Å². The molecule has 0 unspecified atom stereocenters. The number of nitrogens with one attached hydrogen (secondary N) is 2. The summed E-state index contributed by atoms with van der Waals surface area (Å²) in [5, 5.41) is 6.44. The molecule has 0 aromatic heterocycles. The molecule has 2 aliphatic rings. The molecule has 0 radical (unpaired) electrons. The second kappa shape index (κ2) is 11.3. The van der Waals surface area contributed by atoms with E-state index in [-0.39, 0.29) is 30.2 Å². The average molecular weight is 567 g/mol. The first kappa shape index (κ1) is 26.9. The van der Waals surface area contributed by atoms with Crippen molar-refractivity contribution in [2.45, 2.75) is 24.0 Å². The van der Waals surface area contributed by atoms with E-state index in [4.69, 9.17) is 0 Å². The van der Waals surface area contributed by atoms with Crippen LogP contribution in [-0.4, -0.2) is 64.6 Å². The van der Waals surface area contributed by atoms with Crippen molar-refractivity contribution in [3.63, 3.8) is 0 Å². The lowest BCUT2D eigenvalue weighted by Crippen LogP contribution is -2.54. The Bertz CT molecular complexity index is 1070. The van der Waals surface area contributed by atoms with Gasteiger partial charge in [-0.3, -0.25) is 0 Å². The fraction of sp³-hybridized carbons (Fsp3) is 0.455. The molecule has 2 fully saturated rings. The fourth-order valence-corrected chi connectivity index (χ4v) is 6.10. The Labute approximate surface area is 205 Å². The van der Waals surface area contributed by atoms with Gasteiger partial charge in [-0.15, -0.1) is 0 Å². The van der Waals surface area contributed by atoms with E-state index in [0.29, 0.717) is 10.5 Å². The minimum atomic E-state index is -4.71. The zero-order chi connectivity index (χ0) is 24.9. The largest absolute Gasteiger partial charge is 0.418 e. The van der Waals surface area contributed by atoms with E-state index in [9.17, 15) is 26.0 Å². The molecule has 34 heavy (non-hydrogen) atoms. The second-order valence-corrected chi connectivity index (χ2v) is 10.8. The van der Waals surface area contributed by atoms with Gasteiger partial charge in [-0.25, -0.2) is 12.8 Å². The predicted molar refractivity (Wildman–Crippen MR) is 127 cm³/mol. The molecule has 188 valence electrons. The summed E-state index contributed by atoms with van der Waals surface area (Å²) in [4.78, 5) is 1.56. The van der Waals surface area contributed by atoms with Crippen LogP contribution in [0.15, 0.2) is 51.8 Å². The van der Waals surface area contributed by atoms with Crippen molar-refractivity contribution in [3.05, 3.63) is 58.3 Å². The van der Waals surface area contributed by atoms with E-state index in [1.807, 2.05) is 0 Å². The molecule has 2 N–H and O–H groups in total. The van der Waals surface area contributed by atoms with Gasteiger partial charge in [0.05, 0.1) is 10.5 Å². The van der Waals surface area contributed by atoms with Crippen LogP contribution in [0.5, 0.6) is 0 Å². The maximum atomic E-state index is 13.4. The third-order valence-electron chi connectivity index (χ3n) is 5.53. The summed E-state index contributed by atoms with van der Waals surface area (Å²) >= 11 is 3.24. The van der Waals surface area contributed by atoms with Crippen LogP contribution in [0.1, 0.15) is 12.5 Å². The third-order valence-corrected chi connectivity index (χ3v) is 8.03. The van der Waals surface area contributed by atoms with Crippen molar-refractivity contribution in [1.82, 2.24) is 14.9 Å². The van der Waals surface area contributed by atoms with Crippen molar-refractivity contribution in [2.75, 3.05) is 50.7 Å². The van der Waals surface area contributed by atoms with Gasteiger partial charge in [0.25, 0.3) is 0 Å². The predicted octanol–water partition coefficient (Wildman–Crippen LogP) is 3.69. The van der Waals surface area contributed by atoms with E-state index >= 15 is 0 Å². The Morgan fingerprint density at radius 3 is 2.18 bits per heavy atom.